The van der Waals surface area contributed by atoms with Crippen molar-refractivity contribution in [2.45, 2.75) is 282 Å². The van der Waals surface area contributed by atoms with E-state index in [1.165, 1.54) is 6.92 Å². The molecule has 0 saturated carbocycles. The highest BCUT2D eigenvalue weighted by Crippen LogP contribution is 2.17. The molecule has 11 N–H and O–H groups in total. The first-order valence-electron chi connectivity index (χ1n) is 41.5. The zero-order valence-electron chi connectivity index (χ0n) is 68.0. The summed E-state index contributed by atoms with van der Waals surface area (Å²) in [6.07, 6.45) is 25.5. The summed E-state index contributed by atoms with van der Waals surface area (Å²) in [7, 11) is 0. The van der Waals surface area contributed by atoms with E-state index in [-0.39, 0.29) is 247 Å². The second kappa shape index (κ2) is 76.3. The van der Waals surface area contributed by atoms with Gasteiger partial charge in [-0.1, -0.05) is 116 Å². The molecule has 0 fully saturated rings. The van der Waals surface area contributed by atoms with Gasteiger partial charge in [0.05, 0.1) is 78.7 Å². The van der Waals surface area contributed by atoms with E-state index in [1.54, 1.807) is 0 Å². The van der Waals surface area contributed by atoms with Crippen molar-refractivity contribution in [3.63, 3.8) is 0 Å². The normalized spacial score (nSPS) is 12.3. The van der Waals surface area contributed by atoms with Gasteiger partial charge in [-0.15, -0.1) is 0 Å². The average molecular weight is 1620 g/mol. The number of hydrogen-bond acceptors (Lipinski definition) is 23. The standard InChI is InChI=1S/C80H141N7O26/c1-3-64(30-24-26-42-81-74(95)61-113-57-53-109-49-45-84-76(97)62-112-56-50-106-46-28-31-65(89)38-39-68(79(102)103)86-72(93)34-20-16-12-8-4-6-10-14-18-22-36-77(98)99)70(91)58-85-67(63(2)88)33-25-27-43-82-75(96)60-111-55-51-107-47-29-32-66(90)59-110-54-52-108-48-44-83-71(92)41-40-69(80(104)105)87-73(94)35-21-17-13-9-5-7-11-15-19-23-37-78(100)101/h64,67-69,85H,3-62H2,1-2H3,(H,81,95)(H,82,96)(H,83,92)(H,84,97)(H,86,93)(H,87,94)(H,98,99)(H,100,101)(H,102,103)(H,104,105)/t64-,67-,68-,69-/m0/s1. The number of aliphatic carboxylic acids is 4. The van der Waals surface area contributed by atoms with E-state index in [0.717, 1.165) is 103 Å². The summed E-state index contributed by atoms with van der Waals surface area (Å²) in [6.45, 7) is 6.60. The van der Waals surface area contributed by atoms with Crippen molar-refractivity contribution in [2.24, 2.45) is 5.92 Å². The number of hydrogen-bond donors (Lipinski definition) is 11. The molecule has 4 atom stereocenters. The second-order valence-electron chi connectivity index (χ2n) is 28.3. The number of ketones is 4. The molecule has 652 valence electrons. The Hall–Kier alpha value is -6.98. The molecule has 33 nitrogen and oxygen atoms in total. The number of carbonyl (C=O) groups excluding carboxylic acids is 10. The minimum atomic E-state index is -1.21. The van der Waals surface area contributed by atoms with E-state index in [0.29, 0.717) is 103 Å². The molecule has 0 aliphatic carbocycles. The maximum absolute atomic E-state index is 13.1. The molecule has 0 rings (SSSR count). The van der Waals surface area contributed by atoms with Gasteiger partial charge in [0, 0.05) is 96.7 Å². The number of amides is 6. The van der Waals surface area contributed by atoms with Gasteiger partial charge < -0.3 is 95.5 Å². The van der Waals surface area contributed by atoms with Crippen LogP contribution in [0.15, 0.2) is 0 Å². The maximum Gasteiger partial charge on any atom is 0.326 e. The first kappa shape index (κ1) is 106. The summed E-state index contributed by atoms with van der Waals surface area (Å²) in [5, 5.41) is 55.6. The number of carbonyl (C=O) groups is 14. The van der Waals surface area contributed by atoms with E-state index in [4.69, 9.17) is 48.1 Å². The van der Waals surface area contributed by atoms with Crippen LogP contribution in [0.2, 0.25) is 0 Å². The van der Waals surface area contributed by atoms with Crippen LogP contribution in [0.3, 0.4) is 0 Å². The number of carboxylic acid groups (broad SMARTS) is 4. The zero-order valence-corrected chi connectivity index (χ0v) is 68.0. The minimum Gasteiger partial charge on any atom is -0.481 e. The fraction of sp³-hybridized carbons (Fsp3) is 0.825. The van der Waals surface area contributed by atoms with Crippen molar-refractivity contribution < 1.29 is 125 Å². The summed E-state index contributed by atoms with van der Waals surface area (Å²) in [6, 6.07) is -2.82. The quantitative estimate of drug-likeness (QED) is 0.0273. The smallest absolute Gasteiger partial charge is 0.326 e. The third kappa shape index (κ3) is 72.5. The molecule has 0 bridgehead atoms. The lowest BCUT2D eigenvalue weighted by Crippen LogP contribution is -2.41. The fourth-order valence-electron chi connectivity index (χ4n) is 11.7. The van der Waals surface area contributed by atoms with Crippen LogP contribution in [0, 0.1) is 5.92 Å². The van der Waals surface area contributed by atoms with Crippen LogP contribution in [0.1, 0.15) is 264 Å². The van der Waals surface area contributed by atoms with Gasteiger partial charge in [0.15, 0.2) is 5.78 Å². The lowest BCUT2D eigenvalue weighted by atomic mass is 9.94. The summed E-state index contributed by atoms with van der Waals surface area (Å²) in [5.41, 5.74) is 0. The molecule has 0 aromatic rings. The van der Waals surface area contributed by atoms with E-state index in [2.05, 4.69) is 37.2 Å². The van der Waals surface area contributed by atoms with Crippen molar-refractivity contribution >= 4 is 82.5 Å². The van der Waals surface area contributed by atoms with Crippen molar-refractivity contribution in [1.29, 1.82) is 0 Å². The topological polar surface area (TPSA) is 478 Å². The van der Waals surface area contributed by atoms with Crippen LogP contribution in [-0.4, -0.2) is 259 Å². The Morgan fingerprint density at radius 2 is 0.628 bits per heavy atom. The predicted molar refractivity (Wildman–Crippen MR) is 420 cm³/mol. The van der Waals surface area contributed by atoms with Gasteiger partial charge in [-0.3, -0.25) is 57.5 Å². The van der Waals surface area contributed by atoms with Crippen LogP contribution in [0.5, 0.6) is 0 Å². The molecule has 0 unspecified atom stereocenters. The highest BCUT2D eigenvalue weighted by atomic mass is 16.5. The molecule has 0 aromatic heterocycles. The Morgan fingerprint density at radius 1 is 0.283 bits per heavy atom. The molecular formula is C80H141N7O26. The molecule has 113 heavy (non-hydrogen) atoms. The SMILES string of the molecule is CC[C@@H](CCCCNC(=O)COCCOCCNC(=O)COCCOCCCC(=O)CC[C@H](NC(=O)CCCCCCCCCCCCC(=O)O)C(=O)O)C(=O)CN[C@@H](CCCCNC(=O)COCCOCCCC(=O)COCCOCCNC(=O)CC[C@H](NC(=O)CCCCCCCCCCCCC(=O)O)C(=O)O)C(C)=O. The van der Waals surface area contributed by atoms with Crippen LogP contribution < -0.4 is 37.2 Å². The monoisotopic (exact) mass is 1620 g/mol. The molecule has 0 radical (unpaired) electrons. The third-order valence-corrected chi connectivity index (χ3v) is 18.3. The zero-order chi connectivity index (χ0) is 83.4. The molecule has 0 aromatic carbocycles. The van der Waals surface area contributed by atoms with Crippen molar-refractivity contribution in [2.75, 3.05) is 138 Å². The Labute approximate surface area is 669 Å². The summed E-state index contributed by atoms with van der Waals surface area (Å²) >= 11 is 0. The molecular weight excluding hydrogens is 1470 g/mol. The Balaban J connectivity index is 3.87. The van der Waals surface area contributed by atoms with Gasteiger partial charge in [0.25, 0.3) is 0 Å². The largest absolute Gasteiger partial charge is 0.481 e. The molecule has 0 heterocycles. The summed E-state index contributed by atoms with van der Waals surface area (Å²) in [4.78, 5) is 168. The number of nitrogens with one attached hydrogen (secondary N) is 7. The Morgan fingerprint density at radius 3 is 1.03 bits per heavy atom. The molecule has 0 saturated heterocycles. The second-order valence-corrected chi connectivity index (χ2v) is 28.3. The number of rotatable bonds is 86. The molecule has 0 aliphatic rings. The highest BCUT2D eigenvalue weighted by Gasteiger charge is 2.24. The Bertz CT molecular complexity index is 2600. The summed E-state index contributed by atoms with van der Waals surface area (Å²) in [5.74, 6) is -6.43. The Kier molecular flexibility index (Phi) is 71.6. The van der Waals surface area contributed by atoms with Gasteiger partial charge in [-0.25, -0.2) is 9.59 Å². The molecule has 0 aliphatic heterocycles. The fourth-order valence-corrected chi connectivity index (χ4v) is 11.7. The molecule has 33 heteroatoms. The summed E-state index contributed by atoms with van der Waals surface area (Å²) < 4.78 is 43.4. The minimum absolute atomic E-state index is 0.00163. The van der Waals surface area contributed by atoms with Gasteiger partial charge in [-0.2, -0.15) is 0 Å². The number of ether oxygens (including phenoxy) is 8. The van der Waals surface area contributed by atoms with Crippen LogP contribution in [0.4, 0.5) is 0 Å². The number of carboxylic acids is 4. The highest BCUT2D eigenvalue weighted by molar-refractivity contribution is 5.87. The van der Waals surface area contributed by atoms with Crippen LogP contribution in [0.25, 0.3) is 0 Å². The maximum atomic E-state index is 13.1. The van der Waals surface area contributed by atoms with Gasteiger partial charge in [0.1, 0.15) is 55.9 Å². The van der Waals surface area contributed by atoms with Gasteiger partial charge >= 0.3 is 23.9 Å². The van der Waals surface area contributed by atoms with Gasteiger partial charge in [-0.05, 0) is 96.8 Å². The predicted octanol–water partition coefficient (Wildman–Crippen LogP) is 7.00. The number of Topliss-reactive ketones (excluding diaryl/α,β-unsaturated/α-hetero) is 4. The van der Waals surface area contributed by atoms with Crippen molar-refractivity contribution in [1.82, 2.24) is 37.2 Å². The molecule has 6 amide bonds. The van der Waals surface area contributed by atoms with E-state index in [9.17, 15) is 77.3 Å². The molecule has 0 spiro atoms. The van der Waals surface area contributed by atoms with E-state index in [1.807, 2.05) is 6.92 Å². The van der Waals surface area contributed by atoms with E-state index < -0.39 is 42.0 Å². The van der Waals surface area contributed by atoms with E-state index >= 15 is 0 Å². The average Bonchev–Trinajstić information content (AvgIpc) is 0.927. The van der Waals surface area contributed by atoms with Gasteiger partial charge in [0.2, 0.25) is 35.4 Å². The van der Waals surface area contributed by atoms with Crippen LogP contribution >= 0.6 is 0 Å². The number of unbranched alkanes of at least 4 members (excludes halogenated alkanes) is 20. The van der Waals surface area contributed by atoms with Crippen LogP contribution in [-0.2, 0) is 105 Å². The van der Waals surface area contributed by atoms with Crippen molar-refractivity contribution in [3.05, 3.63) is 0 Å². The van der Waals surface area contributed by atoms with Crippen molar-refractivity contribution in [3.8, 4) is 0 Å². The first-order chi connectivity index (χ1) is 54.5. The lowest BCUT2D eigenvalue weighted by Gasteiger charge is -2.18. The first-order valence-corrected chi connectivity index (χ1v) is 41.5. The third-order valence-electron chi connectivity index (χ3n) is 18.3. The lowest BCUT2D eigenvalue weighted by molar-refractivity contribution is -0.142.